The van der Waals surface area contributed by atoms with E-state index in [4.69, 9.17) is 0 Å². The van der Waals surface area contributed by atoms with Crippen LogP contribution in [0.15, 0.2) is 33.6 Å². The summed E-state index contributed by atoms with van der Waals surface area (Å²) in [6.45, 7) is 0.389. The molecule has 4 nitrogen and oxygen atoms in total. The van der Waals surface area contributed by atoms with Crippen LogP contribution >= 0.6 is 27.3 Å². The van der Waals surface area contributed by atoms with Crippen LogP contribution in [-0.4, -0.2) is 16.1 Å². The maximum absolute atomic E-state index is 11.7. The van der Waals surface area contributed by atoms with Gasteiger partial charge >= 0.3 is 0 Å². The smallest absolute Gasteiger partial charge is 0.252 e. The molecule has 1 N–H and O–H groups in total. The summed E-state index contributed by atoms with van der Waals surface area (Å²) in [6.07, 6.45) is 1.60. The van der Waals surface area contributed by atoms with E-state index in [1.54, 1.807) is 23.7 Å². The fourth-order valence-corrected chi connectivity index (χ4v) is 2.27. The van der Waals surface area contributed by atoms with Gasteiger partial charge in [-0.3, -0.25) is 4.79 Å². The highest BCUT2D eigenvalue weighted by Gasteiger charge is 2.07. The second-order valence-electron chi connectivity index (χ2n) is 3.04. The normalized spacial score (nSPS) is 10.1. The molecule has 0 saturated carbocycles. The largest absolute Gasteiger partial charge is 0.346 e. The number of thiophene rings is 1. The van der Waals surface area contributed by atoms with Crippen LogP contribution in [0.2, 0.25) is 0 Å². The topological polar surface area (TPSA) is 54.9 Å². The SMILES string of the molecule is O=C(NCc1cccnn1)c1csc(Br)c1. The molecule has 0 aliphatic heterocycles. The van der Waals surface area contributed by atoms with E-state index in [1.165, 1.54) is 11.3 Å². The quantitative estimate of drug-likeness (QED) is 0.945. The van der Waals surface area contributed by atoms with Crippen LogP contribution in [0.1, 0.15) is 16.1 Å². The lowest BCUT2D eigenvalue weighted by atomic mass is 10.3. The summed E-state index contributed by atoms with van der Waals surface area (Å²) in [4.78, 5) is 11.7. The molecule has 2 aromatic rings. The van der Waals surface area contributed by atoms with E-state index in [-0.39, 0.29) is 5.91 Å². The summed E-state index contributed by atoms with van der Waals surface area (Å²) < 4.78 is 0.942. The van der Waals surface area contributed by atoms with Gasteiger partial charge in [0.1, 0.15) is 0 Å². The van der Waals surface area contributed by atoms with Gasteiger partial charge in [-0.15, -0.1) is 11.3 Å². The Kier molecular flexibility index (Phi) is 3.63. The summed E-state index contributed by atoms with van der Waals surface area (Å²) in [6, 6.07) is 5.39. The number of hydrogen-bond acceptors (Lipinski definition) is 4. The molecular formula is C10H8BrN3OS. The molecule has 82 valence electrons. The van der Waals surface area contributed by atoms with Gasteiger partial charge in [0.15, 0.2) is 0 Å². The Morgan fingerprint density at radius 1 is 1.56 bits per heavy atom. The molecule has 16 heavy (non-hydrogen) atoms. The number of hydrogen-bond donors (Lipinski definition) is 1. The highest BCUT2D eigenvalue weighted by Crippen LogP contribution is 2.20. The number of aromatic nitrogens is 2. The van der Waals surface area contributed by atoms with Gasteiger partial charge in [-0.2, -0.15) is 10.2 Å². The summed E-state index contributed by atoms with van der Waals surface area (Å²) in [5.41, 5.74) is 1.39. The van der Waals surface area contributed by atoms with Gasteiger partial charge in [-0.1, -0.05) is 0 Å². The summed E-state index contributed by atoms with van der Waals surface area (Å²) in [5.74, 6) is -0.104. The van der Waals surface area contributed by atoms with Crippen molar-refractivity contribution in [2.24, 2.45) is 0 Å². The Labute approximate surface area is 105 Å². The number of rotatable bonds is 3. The van der Waals surface area contributed by atoms with Crippen molar-refractivity contribution >= 4 is 33.2 Å². The van der Waals surface area contributed by atoms with Crippen molar-refractivity contribution in [2.45, 2.75) is 6.54 Å². The van der Waals surface area contributed by atoms with Gasteiger partial charge in [0, 0.05) is 11.6 Å². The molecule has 0 bridgehead atoms. The molecule has 2 rings (SSSR count). The van der Waals surface area contributed by atoms with Crippen molar-refractivity contribution in [3.8, 4) is 0 Å². The van der Waals surface area contributed by atoms with Crippen LogP contribution in [-0.2, 0) is 6.54 Å². The first-order chi connectivity index (χ1) is 7.75. The first kappa shape index (κ1) is 11.2. The number of nitrogens with zero attached hydrogens (tertiary/aromatic N) is 2. The van der Waals surface area contributed by atoms with Crippen molar-refractivity contribution in [2.75, 3.05) is 0 Å². The number of carbonyl (C=O) groups is 1. The molecular weight excluding hydrogens is 290 g/mol. The third-order valence-corrected chi connectivity index (χ3v) is 3.39. The zero-order valence-electron chi connectivity index (χ0n) is 8.18. The minimum Gasteiger partial charge on any atom is -0.346 e. The van der Waals surface area contributed by atoms with Crippen molar-refractivity contribution < 1.29 is 4.79 Å². The van der Waals surface area contributed by atoms with Crippen molar-refractivity contribution in [3.05, 3.63) is 44.8 Å². The van der Waals surface area contributed by atoms with Crippen LogP contribution in [0.3, 0.4) is 0 Å². The minimum atomic E-state index is -0.104. The maximum Gasteiger partial charge on any atom is 0.252 e. The zero-order chi connectivity index (χ0) is 11.4. The van der Waals surface area contributed by atoms with Crippen molar-refractivity contribution in [1.82, 2.24) is 15.5 Å². The van der Waals surface area contributed by atoms with Crippen LogP contribution in [0.4, 0.5) is 0 Å². The predicted molar refractivity (Wildman–Crippen MR) is 65.2 cm³/mol. The molecule has 0 atom stereocenters. The molecule has 0 aliphatic rings. The molecule has 6 heteroatoms. The van der Waals surface area contributed by atoms with E-state index in [9.17, 15) is 4.79 Å². The lowest BCUT2D eigenvalue weighted by molar-refractivity contribution is 0.0951. The van der Waals surface area contributed by atoms with Crippen LogP contribution < -0.4 is 5.32 Å². The third-order valence-electron chi connectivity index (χ3n) is 1.89. The Morgan fingerprint density at radius 3 is 3.06 bits per heavy atom. The Bertz CT molecular complexity index is 486. The molecule has 2 heterocycles. The van der Waals surface area contributed by atoms with Crippen LogP contribution in [0, 0.1) is 0 Å². The molecule has 0 unspecified atom stereocenters. The fourth-order valence-electron chi connectivity index (χ4n) is 1.13. The Morgan fingerprint density at radius 2 is 2.44 bits per heavy atom. The van der Waals surface area contributed by atoms with Crippen LogP contribution in [0.5, 0.6) is 0 Å². The third kappa shape index (κ3) is 2.86. The summed E-state index contributed by atoms with van der Waals surface area (Å²) >= 11 is 4.79. The predicted octanol–water partition coefficient (Wildman–Crippen LogP) is 2.23. The summed E-state index contributed by atoms with van der Waals surface area (Å²) in [7, 11) is 0. The molecule has 0 spiro atoms. The number of amides is 1. The second-order valence-corrected chi connectivity index (χ2v) is 5.33. The summed E-state index contributed by atoms with van der Waals surface area (Å²) in [5, 5.41) is 12.2. The van der Waals surface area contributed by atoms with E-state index in [1.807, 2.05) is 6.07 Å². The number of carbonyl (C=O) groups excluding carboxylic acids is 1. The fraction of sp³-hybridized carbons (Fsp3) is 0.100. The number of halogens is 1. The van der Waals surface area contributed by atoms with Crippen molar-refractivity contribution in [3.63, 3.8) is 0 Å². The highest BCUT2D eigenvalue weighted by molar-refractivity contribution is 9.11. The highest BCUT2D eigenvalue weighted by atomic mass is 79.9. The van der Waals surface area contributed by atoms with Gasteiger partial charge in [0.25, 0.3) is 5.91 Å². The monoisotopic (exact) mass is 297 g/mol. The number of nitrogens with one attached hydrogen (secondary N) is 1. The molecule has 0 aliphatic carbocycles. The van der Waals surface area contributed by atoms with Gasteiger partial charge in [-0.05, 0) is 34.1 Å². The van der Waals surface area contributed by atoms with Gasteiger partial charge in [-0.25, -0.2) is 0 Å². The Balaban J connectivity index is 1.94. The van der Waals surface area contributed by atoms with E-state index in [0.717, 1.165) is 9.48 Å². The standard InChI is InChI=1S/C10H8BrN3OS/c11-9-4-7(6-16-9)10(15)12-5-8-2-1-3-13-14-8/h1-4,6H,5H2,(H,12,15). The first-order valence-electron chi connectivity index (χ1n) is 4.54. The van der Waals surface area contributed by atoms with E-state index in [0.29, 0.717) is 12.1 Å². The Hall–Kier alpha value is -1.27. The van der Waals surface area contributed by atoms with Gasteiger partial charge in [0.2, 0.25) is 0 Å². The van der Waals surface area contributed by atoms with E-state index >= 15 is 0 Å². The molecule has 0 aromatic carbocycles. The molecule has 1 amide bonds. The van der Waals surface area contributed by atoms with Gasteiger partial charge in [0.05, 0.1) is 21.6 Å². The molecule has 2 aromatic heterocycles. The maximum atomic E-state index is 11.7. The van der Waals surface area contributed by atoms with Crippen LogP contribution in [0.25, 0.3) is 0 Å². The lowest BCUT2D eigenvalue weighted by Crippen LogP contribution is -2.22. The minimum absolute atomic E-state index is 0.104. The average Bonchev–Trinajstić information content (AvgIpc) is 2.74. The molecule has 0 fully saturated rings. The molecule has 0 radical (unpaired) electrons. The van der Waals surface area contributed by atoms with E-state index in [2.05, 4.69) is 31.4 Å². The van der Waals surface area contributed by atoms with E-state index < -0.39 is 0 Å². The zero-order valence-corrected chi connectivity index (χ0v) is 10.6. The van der Waals surface area contributed by atoms with Crippen molar-refractivity contribution in [1.29, 1.82) is 0 Å². The molecule has 0 saturated heterocycles. The second kappa shape index (κ2) is 5.18. The first-order valence-corrected chi connectivity index (χ1v) is 6.22. The lowest BCUT2D eigenvalue weighted by Gasteiger charge is -2.01. The average molecular weight is 298 g/mol. The van der Waals surface area contributed by atoms with Gasteiger partial charge < -0.3 is 5.32 Å².